The normalized spacial score (nSPS) is 10.6. The molecule has 0 saturated heterocycles. The van der Waals surface area contributed by atoms with E-state index >= 15 is 0 Å². The average Bonchev–Trinajstić information content (AvgIpc) is 2.60. The second kappa shape index (κ2) is 3.11. The Balaban J connectivity index is 2.57. The molecule has 0 radical (unpaired) electrons. The van der Waals surface area contributed by atoms with Gasteiger partial charge in [-0.1, -0.05) is 12.1 Å². The fourth-order valence-electron chi connectivity index (χ4n) is 1.34. The Hall–Kier alpha value is -1.48. The quantitative estimate of drug-likeness (QED) is 0.711. The van der Waals surface area contributed by atoms with Crippen molar-refractivity contribution < 1.29 is 9.52 Å². The van der Waals surface area contributed by atoms with Gasteiger partial charge in [0.2, 0.25) is 0 Å². The van der Waals surface area contributed by atoms with Crippen LogP contribution in [0.2, 0.25) is 0 Å². The molecule has 0 aliphatic rings. The van der Waals surface area contributed by atoms with Crippen molar-refractivity contribution in [3.8, 4) is 0 Å². The van der Waals surface area contributed by atoms with Gasteiger partial charge >= 0.3 is 0 Å². The summed E-state index contributed by atoms with van der Waals surface area (Å²) in [6.07, 6.45) is 1.65. The molecule has 0 bridgehead atoms. The molecule has 13 heavy (non-hydrogen) atoms. The monoisotopic (exact) mass is 177 g/mol. The van der Waals surface area contributed by atoms with Crippen molar-refractivity contribution in [3.63, 3.8) is 0 Å². The number of para-hydroxylation sites is 1. The number of furan rings is 1. The van der Waals surface area contributed by atoms with Crippen LogP contribution >= 0.6 is 0 Å². The van der Waals surface area contributed by atoms with Crippen LogP contribution in [-0.2, 0) is 0 Å². The number of rotatable bonds is 2. The molecule has 0 aliphatic heterocycles. The molecule has 0 aliphatic carbocycles. The Morgan fingerprint density at radius 1 is 1.38 bits per heavy atom. The van der Waals surface area contributed by atoms with Crippen molar-refractivity contribution in [2.75, 3.05) is 18.7 Å². The van der Waals surface area contributed by atoms with Crippen LogP contribution in [0, 0.1) is 0 Å². The largest absolute Gasteiger partial charge is 0.462 e. The number of hydrogen-bond donors (Lipinski definition) is 1. The summed E-state index contributed by atoms with van der Waals surface area (Å²) in [6.45, 7) is -0.0104. The molecule has 2 aromatic rings. The highest BCUT2D eigenvalue weighted by Gasteiger charge is 2.07. The number of fused-ring (bicyclic) bond motifs is 1. The predicted octanol–water partition coefficient (Wildman–Crippen LogP) is 1.82. The third-order valence-corrected chi connectivity index (χ3v) is 2.08. The molecule has 68 valence electrons. The minimum atomic E-state index is -0.0104. The Labute approximate surface area is 76.2 Å². The lowest BCUT2D eigenvalue weighted by atomic mass is 10.2. The maximum absolute atomic E-state index is 8.95. The van der Waals surface area contributed by atoms with Crippen LogP contribution in [0.1, 0.15) is 0 Å². The summed E-state index contributed by atoms with van der Waals surface area (Å²) in [6, 6.07) is 7.76. The van der Waals surface area contributed by atoms with Gasteiger partial charge in [0.25, 0.3) is 0 Å². The zero-order valence-corrected chi connectivity index (χ0v) is 7.40. The molecule has 1 aromatic carbocycles. The molecule has 0 fully saturated rings. The first-order chi connectivity index (χ1) is 6.33. The van der Waals surface area contributed by atoms with Crippen LogP contribution in [0.25, 0.3) is 11.0 Å². The number of anilines is 1. The van der Waals surface area contributed by atoms with Crippen molar-refractivity contribution in [2.24, 2.45) is 0 Å². The molecule has 2 rings (SSSR count). The molecule has 1 N–H and O–H groups in total. The number of aliphatic hydroxyl groups is 1. The Bertz CT molecular complexity index is 408. The van der Waals surface area contributed by atoms with Crippen LogP contribution in [0.4, 0.5) is 5.69 Å². The van der Waals surface area contributed by atoms with Crippen molar-refractivity contribution in [1.29, 1.82) is 0 Å². The summed E-state index contributed by atoms with van der Waals surface area (Å²) in [5, 5.41) is 9.98. The Morgan fingerprint density at radius 2 is 2.15 bits per heavy atom. The fourth-order valence-corrected chi connectivity index (χ4v) is 1.34. The second-order valence-electron chi connectivity index (χ2n) is 2.96. The van der Waals surface area contributed by atoms with E-state index in [4.69, 9.17) is 9.52 Å². The predicted molar refractivity (Wildman–Crippen MR) is 51.7 cm³/mol. The van der Waals surface area contributed by atoms with E-state index in [0.29, 0.717) is 0 Å². The summed E-state index contributed by atoms with van der Waals surface area (Å²) in [7, 11) is 1.82. The molecule has 3 heteroatoms. The smallest absolute Gasteiger partial charge is 0.136 e. The average molecular weight is 177 g/mol. The SMILES string of the molecule is CN(CO)c1coc2ccccc12. The first-order valence-corrected chi connectivity index (χ1v) is 4.11. The van der Waals surface area contributed by atoms with Gasteiger partial charge < -0.3 is 14.4 Å². The first kappa shape index (κ1) is 8.13. The van der Waals surface area contributed by atoms with Crippen molar-refractivity contribution in [3.05, 3.63) is 30.5 Å². The van der Waals surface area contributed by atoms with E-state index in [9.17, 15) is 0 Å². The second-order valence-corrected chi connectivity index (χ2v) is 2.96. The number of nitrogens with zero attached hydrogens (tertiary/aromatic N) is 1. The molecular weight excluding hydrogens is 166 g/mol. The van der Waals surface area contributed by atoms with Crippen molar-refractivity contribution >= 4 is 16.7 Å². The molecule has 0 atom stereocenters. The third-order valence-electron chi connectivity index (χ3n) is 2.08. The van der Waals surface area contributed by atoms with E-state index in [2.05, 4.69) is 0 Å². The van der Waals surface area contributed by atoms with Gasteiger partial charge in [-0.25, -0.2) is 0 Å². The van der Waals surface area contributed by atoms with E-state index in [1.54, 1.807) is 11.2 Å². The summed E-state index contributed by atoms with van der Waals surface area (Å²) in [5.74, 6) is 0. The van der Waals surface area contributed by atoms with Crippen LogP contribution < -0.4 is 4.90 Å². The lowest BCUT2D eigenvalue weighted by molar-refractivity contribution is 0.298. The molecule has 1 aromatic heterocycles. The van der Waals surface area contributed by atoms with Gasteiger partial charge in [-0.3, -0.25) is 0 Å². The van der Waals surface area contributed by atoms with Crippen LogP contribution in [0.15, 0.2) is 34.9 Å². The molecule has 0 unspecified atom stereocenters. The fraction of sp³-hybridized carbons (Fsp3) is 0.200. The highest BCUT2D eigenvalue weighted by atomic mass is 16.3. The molecule has 0 amide bonds. The van der Waals surface area contributed by atoms with Gasteiger partial charge in [0.05, 0.1) is 5.69 Å². The molecular formula is C10H11NO2. The number of hydrogen-bond acceptors (Lipinski definition) is 3. The minimum Gasteiger partial charge on any atom is -0.462 e. The van der Waals surface area contributed by atoms with Gasteiger partial charge in [0.1, 0.15) is 18.6 Å². The van der Waals surface area contributed by atoms with E-state index in [0.717, 1.165) is 16.7 Å². The zero-order valence-electron chi connectivity index (χ0n) is 7.40. The van der Waals surface area contributed by atoms with E-state index in [1.165, 1.54) is 0 Å². The van der Waals surface area contributed by atoms with Gasteiger partial charge in [0.15, 0.2) is 0 Å². The van der Waals surface area contributed by atoms with Crippen LogP contribution in [0.3, 0.4) is 0 Å². The lowest BCUT2D eigenvalue weighted by Gasteiger charge is -2.12. The maximum atomic E-state index is 8.95. The topological polar surface area (TPSA) is 36.6 Å². The van der Waals surface area contributed by atoms with E-state index in [1.807, 2.05) is 31.3 Å². The summed E-state index contributed by atoms with van der Waals surface area (Å²) < 4.78 is 5.32. The Morgan fingerprint density at radius 3 is 2.92 bits per heavy atom. The lowest BCUT2D eigenvalue weighted by Crippen LogP contribution is -2.16. The molecule has 0 saturated carbocycles. The van der Waals surface area contributed by atoms with Gasteiger partial charge in [-0.05, 0) is 12.1 Å². The van der Waals surface area contributed by atoms with Gasteiger partial charge in [-0.2, -0.15) is 0 Å². The highest BCUT2D eigenvalue weighted by molar-refractivity contribution is 5.90. The van der Waals surface area contributed by atoms with Gasteiger partial charge in [0, 0.05) is 12.4 Å². The summed E-state index contributed by atoms with van der Waals surface area (Å²) >= 11 is 0. The minimum absolute atomic E-state index is 0.0104. The number of aliphatic hydroxyl groups excluding tert-OH is 1. The summed E-state index contributed by atoms with van der Waals surface area (Å²) in [4.78, 5) is 1.73. The standard InChI is InChI=1S/C10H11NO2/c1-11(7-12)9-6-13-10-5-3-2-4-8(9)10/h2-6,12H,7H2,1H3. The highest BCUT2D eigenvalue weighted by Crippen LogP contribution is 2.27. The summed E-state index contributed by atoms with van der Waals surface area (Å²) in [5.41, 5.74) is 1.76. The molecule has 1 heterocycles. The van der Waals surface area contributed by atoms with Crippen LogP contribution in [0.5, 0.6) is 0 Å². The van der Waals surface area contributed by atoms with Crippen molar-refractivity contribution in [2.45, 2.75) is 0 Å². The Kier molecular flexibility index (Phi) is 1.94. The zero-order chi connectivity index (χ0) is 9.26. The van der Waals surface area contributed by atoms with Crippen LogP contribution in [-0.4, -0.2) is 18.9 Å². The van der Waals surface area contributed by atoms with Gasteiger partial charge in [-0.15, -0.1) is 0 Å². The molecule has 0 spiro atoms. The van der Waals surface area contributed by atoms with E-state index < -0.39 is 0 Å². The maximum Gasteiger partial charge on any atom is 0.136 e. The van der Waals surface area contributed by atoms with Crippen molar-refractivity contribution in [1.82, 2.24) is 0 Å². The van der Waals surface area contributed by atoms with E-state index in [-0.39, 0.29) is 6.73 Å². The molecule has 3 nitrogen and oxygen atoms in total. The first-order valence-electron chi connectivity index (χ1n) is 4.11. The third kappa shape index (κ3) is 1.27. The number of benzene rings is 1.